The van der Waals surface area contributed by atoms with Gasteiger partial charge in [-0.25, -0.2) is 0 Å². The van der Waals surface area contributed by atoms with Crippen LogP contribution in [0.4, 0.5) is 0 Å². The van der Waals surface area contributed by atoms with Crippen LogP contribution >= 0.6 is 0 Å². The fraction of sp³-hybridized carbons (Fsp3) is 0.833. The van der Waals surface area contributed by atoms with E-state index in [1.165, 1.54) is 0 Å². The van der Waals surface area contributed by atoms with Crippen molar-refractivity contribution in [1.29, 1.82) is 0 Å². The molecule has 0 amide bonds. The smallest absolute Gasteiger partial charge is 0.246 e. The van der Waals surface area contributed by atoms with Gasteiger partial charge in [0, 0.05) is 7.11 Å². The third-order valence-corrected chi connectivity index (χ3v) is 3.95. The Morgan fingerprint density at radius 1 is 1.47 bits per heavy atom. The van der Waals surface area contributed by atoms with Gasteiger partial charge in [0.2, 0.25) is 11.7 Å². The molecule has 0 saturated heterocycles. The van der Waals surface area contributed by atoms with Gasteiger partial charge in [-0.1, -0.05) is 24.9 Å². The highest BCUT2D eigenvalue weighted by Gasteiger charge is 2.39. The number of nitrogens with two attached hydrogens (primary N) is 1. The summed E-state index contributed by atoms with van der Waals surface area (Å²) in [4.78, 5) is 4.45. The van der Waals surface area contributed by atoms with Crippen molar-refractivity contribution in [1.82, 2.24) is 10.1 Å². The van der Waals surface area contributed by atoms with E-state index in [4.69, 9.17) is 15.0 Å². The van der Waals surface area contributed by atoms with Crippen LogP contribution in [-0.2, 0) is 15.9 Å². The van der Waals surface area contributed by atoms with Gasteiger partial charge in [-0.15, -0.1) is 0 Å². The second kappa shape index (κ2) is 4.38. The Balaban J connectivity index is 2.27. The number of ether oxygens (including phenoxy) is 1. The Morgan fingerprint density at radius 2 is 2.12 bits per heavy atom. The minimum atomic E-state index is -0.489. The molecule has 0 bridgehead atoms. The average Bonchev–Trinajstić information content (AvgIpc) is 2.97. The monoisotopic (exact) mass is 239 g/mol. The third kappa shape index (κ3) is 2.09. The fourth-order valence-corrected chi connectivity index (χ4v) is 2.25. The predicted octanol–water partition coefficient (Wildman–Crippen LogP) is 2.07. The number of nitrogens with zero attached hydrogens (tertiary/aromatic N) is 2. The highest BCUT2D eigenvalue weighted by atomic mass is 16.5. The maximum Gasteiger partial charge on any atom is 0.246 e. The van der Waals surface area contributed by atoms with Gasteiger partial charge in [0.1, 0.15) is 5.60 Å². The van der Waals surface area contributed by atoms with Crippen molar-refractivity contribution in [3.8, 4) is 0 Å². The van der Waals surface area contributed by atoms with E-state index in [-0.39, 0.29) is 0 Å². The van der Waals surface area contributed by atoms with E-state index in [2.05, 4.69) is 10.1 Å². The highest BCUT2D eigenvalue weighted by molar-refractivity contribution is 5.08. The summed E-state index contributed by atoms with van der Waals surface area (Å²) in [5.74, 6) is 1.15. The summed E-state index contributed by atoms with van der Waals surface area (Å²) in [6.07, 6.45) is 4.89. The molecular weight excluding hydrogens is 218 g/mol. The number of hydrogen-bond donors (Lipinski definition) is 1. The van der Waals surface area contributed by atoms with Gasteiger partial charge in [-0.2, -0.15) is 4.98 Å². The summed E-state index contributed by atoms with van der Waals surface area (Å²) in [5, 5.41) is 4.03. The third-order valence-electron chi connectivity index (χ3n) is 3.95. The molecule has 1 unspecified atom stereocenters. The molecule has 1 heterocycles. The molecule has 5 nitrogen and oxygen atoms in total. The van der Waals surface area contributed by atoms with Gasteiger partial charge in [0.15, 0.2) is 0 Å². The highest BCUT2D eigenvalue weighted by Crippen LogP contribution is 2.36. The molecule has 1 aromatic rings. The van der Waals surface area contributed by atoms with Gasteiger partial charge in [0.25, 0.3) is 0 Å². The zero-order valence-corrected chi connectivity index (χ0v) is 10.8. The SMILES string of the molecule is CCC(C)(OC)c1noc(C2(N)CCCC2)n1. The van der Waals surface area contributed by atoms with Gasteiger partial charge in [-0.3, -0.25) is 0 Å². The van der Waals surface area contributed by atoms with Crippen LogP contribution < -0.4 is 5.73 Å². The van der Waals surface area contributed by atoms with Gasteiger partial charge in [-0.05, 0) is 26.2 Å². The van der Waals surface area contributed by atoms with E-state index >= 15 is 0 Å². The Bertz CT molecular complexity index is 360. The van der Waals surface area contributed by atoms with E-state index in [1.54, 1.807) is 7.11 Å². The molecule has 0 spiro atoms. The van der Waals surface area contributed by atoms with Crippen molar-refractivity contribution >= 4 is 0 Å². The molecule has 0 aliphatic heterocycles. The Labute approximate surface area is 102 Å². The maximum atomic E-state index is 6.28. The minimum Gasteiger partial charge on any atom is -0.370 e. The number of methoxy groups -OCH3 is 1. The molecule has 1 atom stereocenters. The van der Waals surface area contributed by atoms with Crippen molar-refractivity contribution in [2.45, 2.75) is 57.1 Å². The fourth-order valence-electron chi connectivity index (χ4n) is 2.25. The van der Waals surface area contributed by atoms with Crippen LogP contribution in [-0.4, -0.2) is 17.3 Å². The van der Waals surface area contributed by atoms with E-state index in [0.29, 0.717) is 11.7 Å². The van der Waals surface area contributed by atoms with Crippen LogP contribution in [0.5, 0.6) is 0 Å². The zero-order valence-electron chi connectivity index (χ0n) is 10.8. The summed E-state index contributed by atoms with van der Waals surface area (Å²) in [6.45, 7) is 3.99. The summed E-state index contributed by atoms with van der Waals surface area (Å²) in [7, 11) is 1.66. The van der Waals surface area contributed by atoms with Crippen LogP contribution in [0.1, 0.15) is 57.7 Å². The summed E-state index contributed by atoms with van der Waals surface area (Å²) in [5.41, 5.74) is 5.37. The second-order valence-electron chi connectivity index (χ2n) is 5.07. The molecular formula is C12H21N3O2. The lowest BCUT2D eigenvalue weighted by Crippen LogP contribution is -2.34. The second-order valence-corrected chi connectivity index (χ2v) is 5.07. The molecule has 1 fully saturated rings. The summed E-state index contributed by atoms with van der Waals surface area (Å²) >= 11 is 0. The average molecular weight is 239 g/mol. The van der Waals surface area contributed by atoms with Gasteiger partial charge < -0.3 is 15.0 Å². The summed E-state index contributed by atoms with van der Waals surface area (Å²) in [6, 6.07) is 0. The molecule has 2 rings (SSSR count). The first-order valence-electron chi connectivity index (χ1n) is 6.23. The normalized spacial score (nSPS) is 22.6. The Morgan fingerprint density at radius 3 is 2.65 bits per heavy atom. The number of aromatic nitrogens is 2. The zero-order chi connectivity index (χ0) is 12.5. The lowest BCUT2D eigenvalue weighted by Gasteiger charge is -2.22. The standard InChI is InChI=1S/C12H21N3O2/c1-4-11(2,16-3)9-14-10(17-15-9)12(13)7-5-6-8-12/h4-8,13H2,1-3H3. The van der Waals surface area contributed by atoms with Crippen molar-refractivity contribution in [2.24, 2.45) is 5.73 Å². The minimum absolute atomic E-state index is 0.423. The molecule has 96 valence electrons. The number of rotatable bonds is 4. The molecule has 2 N–H and O–H groups in total. The van der Waals surface area contributed by atoms with Gasteiger partial charge in [0.05, 0.1) is 5.54 Å². The van der Waals surface area contributed by atoms with Gasteiger partial charge >= 0.3 is 0 Å². The molecule has 1 aliphatic carbocycles. The van der Waals surface area contributed by atoms with E-state index in [9.17, 15) is 0 Å². The van der Waals surface area contributed by atoms with E-state index in [0.717, 1.165) is 32.1 Å². The van der Waals surface area contributed by atoms with Crippen molar-refractivity contribution in [3.05, 3.63) is 11.7 Å². The first-order chi connectivity index (χ1) is 8.04. The lowest BCUT2D eigenvalue weighted by atomic mass is 9.99. The quantitative estimate of drug-likeness (QED) is 0.870. The molecule has 17 heavy (non-hydrogen) atoms. The topological polar surface area (TPSA) is 74.2 Å². The van der Waals surface area contributed by atoms with Crippen molar-refractivity contribution in [3.63, 3.8) is 0 Å². The molecule has 1 aliphatic rings. The largest absolute Gasteiger partial charge is 0.370 e. The molecule has 1 saturated carbocycles. The predicted molar refractivity (Wildman–Crippen MR) is 63.3 cm³/mol. The maximum absolute atomic E-state index is 6.28. The Hall–Kier alpha value is -0.940. The molecule has 0 radical (unpaired) electrons. The molecule has 1 aromatic heterocycles. The first kappa shape index (κ1) is 12.5. The van der Waals surface area contributed by atoms with Crippen LogP contribution in [0.2, 0.25) is 0 Å². The van der Waals surface area contributed by atoms with Crippen LogP contribution in [0.15, 0.2) is 4.52 Å². The Kier molecular flexibility index (Phi) is 3.23. The van der Waals surface area contributed by atoms with Crippen LogP contribution in [0.3, 0.4) is 0 Å². The molecule has 0 aromatic carbocycles. The lowest BCUT2D eigenvalue weighted by molar-refractivity contribution is -0.0106. The van der Waals surface area contributed by atoms with Crippen LogP contribution in [0, 0.1) is 0 Å². The first-order valence-corrected chi connectivity index (χ1v) is 6.23. The number of hydrogen-bond acceptors (Lipinski definition) is 5. The molecule has 5 heteroatoms. The van der Waals surface area contributed by atoms with Crippen molar-refractivity contribution in [2.75, 3.05) is 7.11 Å². The summed E-state index contributed by atoms with van der Waals surface area (Å²) < 4.78 is 10.8. The van der Waals surface area contributed by atoms with Crippen LogP contribution in [0.25, 0.3) is 0 Å². The van der Waals surface area contributed by atoms with E-state index < -0.39 is 11.1 Å². The van der Waals surface area contributed by atoms with Crippen molar-refractivity contribution < 1.29 is 9.26 Å². The van der Waals surface area contributed by atoms with E-state index in [1.807, 2.05) is 13.8 Å².